The van der Waals surface area contributed by atoms with Crippen molar-refractivity contribution in [3.63, 3.8) is 0 Å². The molecule has 0 heterocycles. The lowest BCUT2D eigenvalue weighted by atomic mass is 9.68. The molecule has 0 bridgehead atoms. The standard InChI is InChI=1S/C30H44N2/c1-3-4-5-7-22-10-12-23(13-11-22)24-14-16-25(17-15-24)26-8-6-9-27(20-26)28-18-19-29(31)21(2)30(28)32/h6,8-9,18-20,22-25,29H,2-5,7,10-17,31-32H2,1H3. The summed E-state index contributed by atoms with van der Waals surface area (Å²) >= 11 is 0. The second-order valence-corrected chi connectivity index (χ2v) is 10.8. The minimum Gasteiger partial charge on any atom is -0.398 e. The van der Waals surface area contributed by atoms with Gasteiger partial charge in [-0.25, -0.2) is 0 Å². The molecule has 1 aromatic carbocycles. The fraction of sp³-hybridized carbons (Fsp3) is 0.600. The summed E-state index contributed by atoms with van der Waals surface area (Å²) in [5, 5.41) is 0. The molecular weight excluding hydrogens is 388 g/mol. The molecule has 4 rings (SSSR count). The van der Waals surface area contributed by atoms with Crippen LogP contribution in [0.15, 0.2) is 54.3 Å². The third-order valence-electron chi connectivity index (χ3n) is 8.72. The normalized spacial score (nSPS) is 31.2. The molecule has 3 aliphatic rings. The van der Waals surface area contributed by atoms with E-state index in [-0.39, 0.29) is 6.04 Å². The molecule has 2 fully saturated rings. The van der Waals surface area contributed by atoms with Gasteiger partial charge in [0, 0.05) is 17.3 Å². The highest BCUT2D eigenvalue weighted by Crippen LogP contribution is 2.45. The molecule has 1 atom stereocenters. The second-order valence-electron chi connectivity index (χ2n) is 10.8. The first-order valence-electron chi connectivity index (χ1n) is 13.3. The van der Waals surface area contributed by atoms with E-state index >= 15 is 0 Å². The smallest absolute Gasteiger partial charge is 0.0499 e. The molecule has 0 radical (unpaired) electrons. The fourth-order valence-corrected chi connectivity index (χ4v) is 6.53. The fourth-order valence-electron chi connectivity index (χ4n) is 6.53. The van der Waals surface area contributed by atoms with Gasteiger partial charge >= 0.3 is 0 Å². The first kappa shape index (κ1) is 23.4. The van der Waals surface area contributed by atoms with Crippen LogP contribution in [0.2, 0.25) is 0 Å². The minimum atomic E-state index is -0.163. The topological polar surface area (TPSA) is 52.0 Å². The second kappa shape index (κ2) is 10.9. The lowest BCUT2D eigenvalue weighted by Gasteiger charge is -2.38. The molecule has 0 aromatic heterocycles. The number of allylic oxidation sites excluding steroid dienone is 2. The molecular formula is C30H44N2. The Hall–Kier alpha value is -1.80. The number of hydrogen-bond acceptors (Lipinski definition) is 2. The highest BCUT2D eigenvalue weighted by molar-refractivity contribution is 5.81. The predicted molar refractivity (Wildman–Crippen MR) is 138 cm³/mol. The van der Waals surface area contributed by atoms with E-state index in [1.807, 2.05) is 6.08 Å². The van der Waals surface area contributed by atoms with E-state index in [0.717, 1.165) is 34.6 Å². The van der Waals surface area contributed by atoms with Crippen molar-refractivity contribution in [2.24, 2.45) is 29.2 Å². The molecule has 4 N–H and O–H groups in total. The maximum Gasteiger partial charge on any atom is 0.0499 e. The summed E-state index contributed by atoms with van der Waals surface area (Å²) in [6.45, 7) is 6.40. The van der Waals surface area contributed by atoms with Crippen LogP contribution in [0.5, 0.6) is 0 Å². The summed E-state index contributed by atoms with van der Waals surface area (Å²) in [6, 6.07) is 8.89. The highest BCUT2D eigenvalue weighted by Gasteiger charge is 2.31. The minimum absolute atomic E-state index is 0.163. The van der Waals surface area contributed by atoms with Crippen LogP contribution in [0.1, 0.15) is 101 Å². The monoisotopic (exact) mass is 432 g/mol. The summed E-state index contributed by atoms with van der Waals surface area (Å²) in [5.74, 6) is 3.68. The van der Waals surface area contributed by atoms with Crippen LogP contribution in [-0.4, -0.2) is 6.04 Å². The van der Waals surface area contributed by atoms with Gasteiger partial charge in [0.25, 0.3) is 0 Å². The largest absolute Gasteiger partial charge is 0.398 e. The van der Waals surface area contributed by atoms with Gasteiger partial charge in [0.1, 0.15) is 0 Å². The summed E-state index contributed by atoms with van der Waals surface area (Å²) in [7, 11) is 0. The molecule has 0 spiro atoms. The zero-order chi connectivity index (χ0) is 22.5. The van der Waals surface area contributed by atoms with Gasteiger partial charge in [0.05, 0.1) is 0 Å². The van der Waals surface area contributed by atoms with Crippen molar-refractivity contribution >= 4 is 5.57 Å². The Morgan fingerprint density at radius 3 is 2.31 bits per heavy atom. The molecule has 2 heteroatoms. The maximum atomic E-state index is 6.37. The van der Waals surface area contributed by atoms with Crippen LogP contribution >= 0.6 is 0 Å². The first-order chi connectivity index (χ1) is 15.6. The Balaban J connectivity index is 1.31. The van der Waals surface area contributed by atoms with E-state index in [2.05, 4.69) is 43.8 Å². The average Bonchev–Trinajstić information content (AvgIpc) is 2.83. The molecule has 32 heavy (non-hydrogen) atoms. The molecule has 1 unspecified atom stereocenters. The number of hydrogen-bond donors (Lipinski definition) is 2. The van der Waals surface area contributed by atoms with Gasteiger partial charge in [0.2, 0.25) is 0 Å². The lowest BCUT2D eigenvalue weighted by molar-refractivity contribution is 0.155. The number of benzene rings is 1. The van der Waals surface area contributed by atoms with E-state index in [1.165, 1.54) is 88.2 Å². The molecule has 1 aromatic rings. The Kier molecular flexibility index (Phi) is 7.94. The van der Waals surface area contributed by atoms with Crippen molar-refractivity contribution in [2.45, 2.75) is 95.9 Å². The number of unbranched alkanes of at least 4 members (excludes halogenated alkanes) is 2. The summed E-state index contributed by atoms with van der Waals surface area (Å²) < 4.78 is 0. The molecule has 0 amide bonds. The lowest BCUT2D eigenvalue weighted by Crippen LogP contribution is -2.26. The highest BCUT2D eigenvalue weighted by atomic mass is 14.7. The van der Waals surface area contributed by atoms with Gasteiger partial charge in [-0.15, -0.1) is 0 Å². The quantitative estimate of drug-likeness (QED) is 0.439. The molecule has 0 saturated heterocycles. The van der Waals surface area contributed by atoms with Crippen LogP contribution in [-0.2, 0) is 0 Å². The van der Waals surface area contributed by atoms with Crippen molar-refractivity contribution in [1.82, 2.24) is 0 Å². The molecule has 2 nitrogen and oxygen atoms in total. The van der Waals surface area contributed by atoms with E-state index in [0.29, 0.717) is 5.92 Å². The molecule has 174 valence electrons. The third kappa shape index (κ3) is 5.39. The van der Waals surface area contributed by atoms with E-state index in [4.69, 9.17) is 11.5 Å². The predicted octanol–water partition coefficient (Wildman–Crippen LogP) is 7.47. The summed E-state index contributed by atoms with van der Waals surface area (Å²) in [6.07, 6.45) is 21.3. The maximum absolute atomic E-state index is 6.37. The van der Waals surface area contributed by atoms with Crippen molar-refractivity contribution in [2.75, 3.05) is 0 Å². The molecule has 3 aliphatic carbocycles. The average molecular weight is 433 g/mol. The van der Waals surface area contributed by atoms with E-state index in [9.17, 15) is 0 Å². The summed E-state index contributed by atoms with van der Waals surface area (Å²) in [4.78, 5) is 0. The van der Waals surface area contributed by atoms with Crippen molar-refractivity contribution in [1.29, 1.82) is 0 Å². The first-order valence-corrected chi connectivity index (χ1v) is 13.3. The van der Waals surface area contributed by atoms with Crippen molar-refractivity contribution < 1.29 is 0 Å². The zero-order valence-corrected chi connectivity index (χ0v) is 20.2. The Morgan fingerprint density at radius 1 is 0.938 bits per heavy atom. The Bertz CT molecular complexity index is 832. The number of rotatable bonds is 7. The van der Waals surface area contributed by atoms with Crippen LogP contribution in [0, 0.1) is 17.8 Å². The SMILES string of the molecule is C=C1C(N)=C(c2cccc(C3CCC(C4CCC(CCCCC)CC4)CC3)c2)C=CC1N. The Labute approximate surface area is 196 Å². The van der Waals surface area contributed by atoms with Gasteiger partial charge < -0.3 is 11.5 Å². The van der Waals surface area contributed by atoms with Gasteiger partial charge in [-0.1, -0.05) is 88.4 Å². The van der Waals surface area contributed by atoms with Gasteiger partial charge in [-0.3, -0.25) is 0 Å². The zero-order valence-electron chi connectivity index (χ0n) is 20.2. The van der Waals surface area contributed by atoms with Crippen LogP contribution in [0.3, 0.4) is 0 Å². The molecule has 0 aliphatic heterocycles. The van der Waals surface area contributed by atoms with Crippen LogP contribution in [0.4, 0.5) is 0 Å². The Morgan fingerprint density at radius 2 is 1.62 bits per heavy atom. The van der Waals surface area contributed by atoms with Crippen molar-refractivity contribution in [3.05, 3.63) is 65.4 Å². The molecule has 2 saturated carbocycles. The van der Waals surface area contributed by atoms with Crippen LogP contribution < -0.4 is 11.5 Å². The summed E-state index contributed by atoms with van der Waals surface area (Å²) in [5.41, 5.74) is 17.8. The third-order valence-corrected chi connectivity index (χ3v) is 8.72. The van der Waals surface area contributed by atoms with E-state index < -0.39 is 0 Å². The van der Waals surface area contributed by atoms with Crippen molar-refractivity contribution in [3.8, 4) is 0 Å². The number of nitrogens with two attached hydrogens (primary N) is 2. The van der Waals surface area contributed by atoms with Gasteiger partial charge in [0.15, 0.2) is 0 Å². The van der Waals surface area contributed by atoms with Crippen LogP contribution in [0.25, 0.3) is 5.57 Å². The van der Waals surface area contributed by atoms with Gasteiger partial charge in [-0.05, 0) is 78.9 Å². The van der Waals surface area contributed by atoms with E-state index in [1.54, 1.807) is 0 Å². The van der Waals surface area contributed by atoms with Gasteiger partial charge in [-0.2, -0.15) is 0 Å².